The summed E-state index contributed by atoms with van der Waals surface area (Å²) in [6.45, 7) is 0. The quantitative estimate of drug-likeness (QED) is 0.0557. The van der Waals surface area contributed by atoms with Gasteiger partial charge in [0.2, 0.25) is 5.95 Å². The number of aromatic nitrogens is 2. The maximum Gasteiger partial charge on any atom is 0.416 e. The zero-order valence-electron chi connectivity index (χ0n) is 20.5. The summed E-state index contributed by atoms with van der Waals surface area (Å²) in [5.74, 6) is 3.93. The van der Waals surface area contributed by atoms with Crippen molar-refractivity contribution in [2.24, 2.45) is 5.84 Å². The van der Waals surface area contributed by atoms with E-state index in [2.05, 4.69) is 26.0 Å². The van der Waals surface area contributed by atoms with Crippen LogP contribution in [0.4, 0.5) is 69.1 Å². The van der Waals surface area contributed by atoms with Gasteiger partial charge in [-0.05, 0) is 42.5 Å². The van der Waals surface area contributed by atoms with Crippen LogP contribution in [0.3, 0.4) is 0 Å². The van der Waals surface area contributed by atoms with Crippen molar-refractivity contribution in [1.82, 2.24) is 9.97 Å². The molecule has 0 bridgehead atoms. The number of nitrogens with one attached hydrogen (secondary N) is 3. The highest BCUT2D eigenvalue weighted by Crippen LogP contribution is 2.31. The lowest BCUT2D eigenvalue weighted by molar-refractivity contribution is -0.384. The molecule has 1 heterocycles. The standard InChI is InChI=1S/C16H13FN8O4.C7H7F3N2/c17-10-7-20-16(22-9-2-4-14(25(28)29)12(19)6-9)23-15(10)21-8-1-3-13(24(26)27)11(18)5-8;8-7(9,10)5-2-1-3-6(4-5)12-11/h1-7H,18-19H2,(H2,20,21,22,23);1-4,12H,11H2. The van der Waals surface area contributed by atoms with Gasteiger partial charge >= 0.3 is 6.18 Å². The predicted octanol–water partition coefficient (Wildman–Crippen LogP) is 5.07. The van der Waals surface area contributed by atoms with E-state index in [1.165, 1.54) is 48.5 Å². The van der Waals surface area contributed by atoms with Gasteiger partial charge in [-0.1, -0.05) is 6.07 Å². The number of rotatable bonds is 7. The monoisotopic (exact) mass is 576 g/mol. The Morgan fingerprint density at radius 1 is 0.805 bits per heavy atom. The number of benzene rings is 3. The summed E-state index contributed by atoms with van der Waals surface area (Å²) in [5, 5.41) is 27.0. The van der Waals surface area contributed by atoms with Crippen LogP contribution < -0.4 is 33.4 Å². The summed E-state index contributed by atoms with van der Waals surface area (Å²) in [6.07, 6.45) is -3.41. The Hall–Kier alpha value is -5.78. The number of nitro benzene ring substituents is 2. The van der Waals surface area contributed by atoms with Gasteiger partial charge in [0.05, 0.1) is 21.6 Å². The lowest BCUT2D eigenvalue weighted by atomic mass is 10.2. The molecule has 0 spiro atoms. The highest BCUT2D eigenvalue weighted by Gasteiger charge is 2.30. The number of nitrogen functional groups attached to an aromatic ring is 3. The molecule has 0 amide bonds. The van der Waals surface area contributed by atoms with Crippen LogP contribution in [-0.2, 0) is 6.18 Å². The van der Waals surface area contributed by atoms with Gasteiger partial charge in [0.15, 0.2) is 11.6 Å². The zero-order valence-corrected chi connectivity index (χ0v) is 20.5. The topological polar surface area (TPSA) is 226 Å². The molecule has 214 valence electrons. The first kappa shape index (κ1) is 29.8. The number of nitrogens with zero attached hydrogens (tertiary/aromatic N) is 4. The molecule has 3 aromatic carbocycles. The van der Waals surface area contributed by atoms with Crippen LogP contribution in [-0.4, -0.2) is 19.8 Å². The minimum atomic E-state index is -4.31. The van der Waals surface area contributed by atoms with Gasteiger partial charge in [-0.15, -0.1) is 0 Å². The first-order valence-corrected chi connectivity index (χ1v) is 11.1. The number of anilines is 7. The summed E-state index contributed by atoms with van der Waals surface area (Å²) in [4.78, 5) is 28.1. The van der Waals surface area contributed by atoms with E-state index in [4.69, 9.17) is 17.3 Å². The van der Waals surface area contributed by atoms with Crippen molar-refractivity contribution in [2.75, 3.05) is 27.5 Å². The molecule has 0 aliphatic carbocycles. The maximum atomic E-state index is 14.1. The van der Waals surface area contributed by atoms with E-state index in [9.17, 15) is 37.8 Å². The SMILES string of the molecule is NNc1cccc(C(F)(F)F)c1.Nc1cc(Nc2ncc(F)c(Nc3ccc([N+](=O)[O-])c(N)c3)n2)ccc1[N+](=O)[O-]. The molecule has 41 heavy (non-hydrogen) atoms. The third-order valence-corrected chi connectivity index (χ3v) is 5.07. The summed E-state index contributed by atoms with van der Waals surface area (Å²) in [7, 11) is 0. The molecule has 0 aliphatic heterocycles. The molecule has 1 aromatic heterocycles. The van der Waals surface area contributed by atoms with E-state index in [-0.39, 0.29) is 45.9 Å². The van der Waals surface area contributed by atoms with Crippen molar-refractivity contribution in [3.05, 3.63) is 98.5 Å². The molecule has 4 rings (SSSR count). The first-order valence-electron chi connectivity index (χ1n) is 11.1. The summed E-state index contributed by atoms with van der Waals surface area (Å²) >= 11 is 0. The van der Waals surface area contributed by atoms with E-state index < -0.39 is 27.4 Å². The molecule has 0 atom stereocenters. The van der Waals surface area contributed by atoms with Crippen LogP contribution in [0.1, 0.15) is 5.56 Å². The Morgan fingerprint density at radius 2 is 1.37 bits per heavy atom. The van der Waals surface area contributed by atoms with Crippen molar-refractivity contribution in [2.45, 2.75) is 6.18 Å². The van der Waals surface area contributed by atoms with Crippen LogP contribution in [0.5, 0.6) is 0 Å². The van der Waals surface area contributed by atoms with Crippen molar-refractivity contribution >= 4 is 51.6 Å². The van der Waals surface area contributed by atoms with Crippen molar-refractivity contribution in [3.63, 3.8) is 0 Å². The Morgan fingerprint density at radius 3 is 1.85 bits per heavy atom. The second-order valence-corrected chi connectivity index (χ2v) is 7.92. The normalized spacial score (nSPS) is 10.7. The fourth-order valence-corrected chi connectivity index (χ4v) is 3.16. The molecule has 14 nitrogen and oxygen atoms in total. The Balaban J connectivity index is 0.000000322. The second-order valence-electron chi connectivity index (χ2n) is 7.92. The van der Waals surface area contributed by atoms with Crippen molar-refractivity contribution in [3.8, 4) is 0 Å². The molecular weight excluding hydrogens is 556 g/mol. The number of hydrogen-bond acceptors (Lipinski definition) is 12. The Bertz CT molecular complexity index is 1590. The number of alkyl halides is 3. The predicted molar refractivity (Wildman–Crippen MR) is 143 cm³/mol. The summed E-state index contributed by atoms with van der Waals surface area (Å²) in [6, 6.07) is 12.4. The molecule has 0 saturated heterocycles. The van der Waals surface area contributed by atoms with Gasteiger partial charge in [-0.3, -0.25) is 26.1 Å². The van der Waals surface area contributed by atoms with Crippen LogP contribution in [0.25, 0.3) is 0 Å². The smallest absolute Gasteiger partial charge is 0.393 e. The molecule has 0 saturated carbocycles. The van der Waals surface area contributed by atoms with Crippen LogP contribution in [0.15, 0.2) is 66.9 Å². The molecule has 0 radical (unpaired) electrons. The average Bonchev–Trinajstić information content (AvgIpc) is 2.90. The molecule has 0 fully saturated rings. The third kappa shape index (κ3) is 7.86. The number of nitro groups is 2. The van der Waals surface area contributed by atoms with Gasteiger partial charge in [0.1, 0.15) is 11.4 Å². The van der Waals surface area contributed by atoms with Crippen molar-refractivity contribution in [1.29, 1.82) is 0 Å². The minimum Gasteiger partial charge on any atom is -0.393 e. The highest BCUT2D eigenvalue weighted by molar-refractivity contribution is 5.70. The lowest BCUT2D eigenvalue weighted by Gasteiger charge is -2.10. The fourth-order valence-electron chi connectivity index (χ4n) is 3.16. The van der Waals surface area contributed by atoms with Gasteiger partial charge in [-0.25, -0.2) is 9.37 Å². The van der Waals surface area contributed by atoms with Gasteiger partial charge in [0, 0.05) is 29.2 Å². The van der Waals surface area contributed by atoms with E-state index in [0.29, 0.717) is 5.69 Å². The lowest BCUT2D eigenvalue weighted by Crippen LogP contribution is -2.09. The Kier molecular flexibility index (Phi) is 8.99. The largest absolute Gasteiger partial charge is 0.416 e. The number of hydrazine groups is 1. The van der Waals surface area contributed by atoms with E-state index in [0.717, 1.165) is 18.3 Å². The van der Waals surface area contributed by atoms with Gasteiger partial charge in [0.25, 0.3) is 11.4 Å². The van der Waals surface area contributed by atoms with Crippen molar-refractivity contribution < 1.29 is 27.4 Å². The van der Waals surface area contributed by atoms with Gasteiger partial charge in [-0.2, -0.15) is 18.2 Å². The van der Waals surface area contributed by atoms with E-state index >= 15 is 0 Å². The highest BCUT2D eigenvalue weighted by atomic mass is 19.4. The Labute approximate surface area is 227 Å². The average molecular weight is 576 g/mol. The minimum absolute atomic E-state index is 0.0166. The molecule has 0 aliphatic rings. The third-order valence-electron chi connectivity index (χ3n) is 5.07. The second kappa shape index (κ2) is 12.4. The molecule has 0 unspecified atom stereocenters. The van der Waals surface area contributed by atoms with E-state index in [1.807, 2.05) is 0 Å². The summed E-state index contributed by atoms with van der Waals surface area (Å²) < 4.78 is 50.2. The first-order chi connectivity index (χ1) is 19.3. The summed E-state index contributed by atoms with van der Waals surface area (Å²) in [5.41, 5.74) is 12.8. The zero-order chi connectivity index (χ0) is 30.3. The number of halogens is 4. The van der Waals surface area contributed by atoms with Gasteiger partial charge < -0.3 is 27.5 Å². The number of hydrogen-bond donors (Lipinski definition) is 6. The van der Waals surface area contributed by atoms with Crippen LogP contribution in [0.2, 0.25) is 0 Å². The van der Waals surface area contributed by atoms with Crippen LogP contribution in [0, 0.1) is 26.0 Å². The van der Waals surface area contributed by atoms with E-state index in [1.54, 1.807) is 0 Å². The fraction of sp³-hybridized carbons (Fsp3) is 0.0435. The molecule has 9 N–H and O–H groups in total. The van der Waals surface area contributed by atoms with Crippen LogP contribution >= 0.6 is 0 Å². The molecule has 4 aromatic rings. The molecular formula is C23H20F4N10O4. The number of nitrogens with two attached hydrogens (primary N) is 3. The maximum absolute atomic E-state index is 14.1. The molecule has 18 heteroatoms.